The van der Waals surface area contributed by atoms with Crippen molar-refractivity contribution in [2.45, 2.75) is 23.2 Å². The van der Waals surface area contributed by atoms with Gasteiger partial charge in [0.1, 0.15) is 0 Å². The molecule has 0 saturated carbocycles. The van der Waals surface area contributed by atoms with E-state index in [1.165, 1.54) is 0 Å². The fraction of sp³-hybridized carbons (Fsp3) is 0.300. The number of nitro groups is 1. The average molecular weight is 465 g/mol. The zero-order valence-corrected chi connectivity index (χ0v) is 17.7. The normalized spacial score (nSPS) is 14.6. The summed E-state index contributed by atoms with van der Waals surface area (Å²) in [5, 5.41) is 20.3. The molecule has 2 heterocycles. The zero-order valence-electron chi connectivity index (χ0n) is 16.9. The number of alkyl halides is 3. The van der Waals surface area contributed by atoms with Crippen LogP contribution in [-0.2, 0) is 10.9 Å². The monoisotopic (exact) mass is 465 g/mol. The minimum Gasteiger partial charge on any atom is -0.378 e. The fourth-order valence-corrected chi connectivity index (χ4v) is 4.17. The molecule has 1 saturated heterocycles. The second-order valence-corrected chi connectivity index (χ2v) is 8.10. The Labute approximate surface area is 185 Å². The van der Waals surface area contributed by atoms with Gasteiger partial charge in [-0.05, 0) is 43.0 Å². The summed E-state index contributed by atoms with van der Waals surface area (Å²) in [5.41, 5.74) is 0.0558. The number of benzene rings is 2. The lowest BCUT2D eigenvalue weighted by molar-refractivity contribution is -0.388. The topological polar surface area (TPSA) is 86.3 Å². The van der Waals surface area contributed by atoms with E-state index in [0.717, 1.165) is 35.1 Å². The number of halogens is 3. The van der Waals surface area contributed by atoms with Gasteiger partial charge in [0, 0.05) is 19.2 Å². The lowest BCUT2D eigenvalue weighted by Gasteiger charge is -2.28. The summed E-state index contributed by atoms with van der Waals surface area (Å²) in [6.45, 7) is 4.17. The minimum absolute atomic E-state index is 0.0392. The van der Waals surface area contributed by atoms with Gasteiger partial charge in [-0.3, -0.25) is 14.7 Å². The third kappa shape index (κ3) is 4.55. The highest BCUT2D eigenvalue weighted by Crippen LogP contribution is 2.40. The molecule has 3 aromatic rings. The standard InChI is InChI=1S/C20H18F3N5O3S/c1-13-2-5-15(6-3-13)27-18(26-8-10-31-11-9-26)24-25-19(27)32-17-7-4-14(20(21,22)23)12-16(17)28(29)30/h2-7,12H,8-11H2,1H3. The summed E-state index contributed by atoms with van der Waals surface area (Å²) in [6, 6.07) is 10.0. The highest BCUT2D eigenvalue weighted by molar-refractivity contribution is 7.99. The van der Waals surface area contributed by atoms with Crippen molar-refractivity contribution in [2.75, 3.05) is 31.2 Å². The first-order chi connectivity index (χ1) is 15.2. The Morgan fingerprint density at radius 3 is 2.41 bits per heavy atom. The Bertz CT molecular complexity index is 1130. The SMILES string of the molecule is Cc1ccc(-n2c(Sc3ccc(C(F)(F)F)cc3[N+](=O)[O-])nnc2N2CCOCC2)cc1. The van der Waals surface area contributed by atoms with Crippen LogP contribution in [0.5, 0.6) is 0 Å². The second-order valence-electron chi connectivity index (χ2n) is 7.09. The van der Waals surface area contributed by atoms with Crippen LogP contribution in [0, 0.1) is 17.0 Å². The molecule has 0 spiro atoms. The lowest BCUT2D eigenvalue weighted by atomic mass is 10.2. The highest BCUT2D eigenvalue weighted by atomic mass is 32.2. The van der Waals surface area contributed by atoms with Gasteiger partial charge in [-0.25, -0.2) is 0 Å². The van der Waals surface area contributed by atoms with Gasteiger partial charge < -0.3 is 9.64 Å². The van der Waals surface area contributed by atoms with E-state index in [4.69, 9.17) is 4.74 Å². The number of hydrogen-bond donors (Lipinski definition) is 0. The van der Waals surface area contributed by atoms with Gasteiger partial charge in [-0.2, -0.15) is 13.2 Å². The first-order valence-electron chi connectivity index (χ1n) is 9.62. The first kappa shape index (κ1) is 22.1. The van der Waals surface area contributed by atoms with Crippen molar-refractivity contribution in [3.8, 4) is 5.69 Å². The Morgan fingerprint density at radius 2 is 1.78 bits per heavy atom. The van der Waals surface area contributed by atoms with E-state index in [9.17, 15) is 23.3 Å². The van der Waals surface area contributed by atoms with Crippen molar-refractivity contribution < 1.29 is 22.8 Å². The van der Waals surface area contributed by atoms with Gasteiger partial charge in [-0.15, -0.1) is 10.2 Å². The molecule has 12 heteroatoms. The van der Waals surface area contributed by atoms with Crippen LogP contribution >= 0.6 is 11.8 Å². The number of rotatable bonds is 5. The molecule has 168 valence electrons. The van der Waals surface area contributed by atoms with Gasteiger partial charge in [0.2, 0.25) is 11.1 Å². The van der Waals surface area contributed by atoms with E-state index in [0.29, 0.717) is 43.5 Å². The number of aromatic nitrogens is 3. The van der Waals surface area contributed by atoms with Crippen LogP contribution in [0.2, 0.25) is 0 Å². The molecule has 0 N–H and O–H groups in total. The molecule has 2 aromatic carbocycles. The molecule has 0 radical (unpaired) electrons. The summed E-state index contributed by atoms with van der Waals surface area (Å²) < 4.78 is 46.3. The van der Waals surface area contributed by atoms with Crippen molar-refractivity contribution >= 4 is 23.4 Å². The van der Waals surface area contributed by atoms with E-state index in [-0.39, 0.29) is 4.90 Å². The maximum absolute atomic E-state index is 13.0. The molecule has 8 nitrogen and oxygen atoms in total. The number of nitrogens with zero attached hydrogens (tertiary/aromatic N) is 5. The Balaban J connectivity index is 1.78. The smallest absolute Gasteiger partial charge is 0.378 e. The zero-order chi connectivity index (χ0) is 22.9. The molecule has 4 rings (SSSR count). The van der Waals surface area contributed by atoms with Gasteiger partial charge in [0.15, 0.2) is 0 Å². The third-order valence-corrected chi connectivity index (χ3v) is 5.90. The molecule has 0 unspecified atom stereocenters. The molecule has 1 aliphatic heterocycles. The Morgan fingerprint density at radius 1 is 1.09 bits per heavy atom. The van der Waals surface area contributed by atoms with Crippen LogP contribution in [0.4, 0.5) is 24.8 Å². The number of anilines is 1. The summed E-state index contributed by atoms with van der Waals surface area (Å²) in [4.78, 5) is 12.7. The van der Waals surface area contributed by atoms with E-state index < -0.39 is 22.4 Å². The van der Waals surface area contributed by atoms with Crippen LogP contribution in [0.3, 0.4) is 0 Å². The predicted molar refractivity (Wildman–Crippen MR) is 111 cm³/mol. The van der Waals surface area contributed by atoms with Crippen LogP contribution < -0.4 is 4.90 Å². The minimum atomic E-state index is -4.68. The number of morpholine rings is 1. The maximum atomic E-state index is 13.0. The van der Waals surface area contributed by atoms with Crippen LogP contribution in [-0.4, -0.2) is 46.0 Å². The molecule has 0 bridgehead atoms. The van der Waals surface area contributed by atoms with Gasteiger partial charge in [0.25, 0.3) is 5.69 Å². The molecular formula is C20H18F3N5O3S. The Kier molecular flexibility index (Phi) is 6.07. The van der Waals surface area contributed by atoms with Crippen molar-refractivity contribution in [2.24, 2.45) is 0 Å². The van der Waals surface area contributed by atoms with E-state index in [1.54, 1.807) is 4.57 Å². The molecule has 32 heavy (non-hydrogen) atoms. The molecule has 0 aliphatic carbocycles. The largest absolute Gasteiger partial charge is 0.416 e. The van der Waals surface area contributed by atoms with E-state index in [1.807, 2.05) is 36.1 Å². The number of nitro benzene ring substituents is 1. The summed E-state index contributed by atoms with van der Waals surface area (Å²) in [6.07, 6.45) is -4.68. The molecule has 1 fully saturated rings. The predicted octanol–water partition coefficient (Wildman–Crippen LogP) is 4.49. The molecule has 1 aliphatic rings. The highest BCUT2D eigenvalue weighted by Gasteiger charge is 2.33. The summed E-state index contributed by atoms with van der Waals surface area (Å²) >= 11 is 0.895. The first-order valence-corrected chi connectivity index (χ1v) is 10.4. The van der Waals surface area contributed by atoms with Crippen molar-refractivity contribution in [1.82, 2.24) is 14.8 Å². The summed E-state index contributed by atoms with van der Waals surface area (Å²) in [7, 11) is 0. The Hall–Kier alpha value is -3.12. The van der Waals surface area contributed by atoms with Crippen molar-refractivity contribution in [3.63, 3.8) is 0 Å². The van der Waals surface area contributed by atoms with Gasteiger partial charge in [0.05, 0.1) is 34.3 Å². The number of ether oxygens (including phenoxy) is 1. The average Bonchev–Trinajstić information content (AvgIpc) is 3.18. The fourth-order valence-electron chi connectivity index (χ4n) is 3.24. The second kappa shape index (κ2) is 8.79. The van der Waals surface area contributed by atoms with Gasteiger partial charge >= 0.3 is 6.18 Å². The molecular weight excluding hydrogens is 447 g/mol. The van der Waals surface area contributed by atoms with E-state index >= 15 is 0 Å². The van der Waals surface area contributed by atoms with Crippen LogP contribution in [0.1, 0.15) is 11.1 Å². The van der Waals surface area contributed by atoms with E-state index in [2.05, 4.69) is 10.2 Å². The lowest BCUT2D eigenvalue weighted by Crippen LogP contribution is -2.37. The van der Waals surface area contributed by atoms with Crippen LogP contribution in [0.15, 0.2) is 52.5 Å². The van der Waals surface area contributed by atoms with Crippen LogP contribution in [0.25, 0.3) is 5.69 Å². The molecule has 1 aromatic heterocycles. The summed E-state index contributed by atoms with van der Waals surface area (Å²) in [5.74, 6) is 0.536. The number of hydrogen-bond acceptors (Lipinski definition) is 7. The maximum Gasteiger partial charge on any atom is 0.416 e. The van der Waals surface area contributed by atoms with Crippen molar-refractivity contribution in [3.05, 3.63) is 63.7 Å². The molecule has 0 amide bonds. The quantitative estimate of drug-likeness (QED) is 0.405. The van der Waals surface area contributed by atoms with Gasteiger partial charge in [-0.1, -0.05) is 17.7 Å². The molecule has 0 atom stereocenters. The number of aryl methyl sites for hydroxylation is 1. The van der Waals surface area contributed by atoms with Crippen molar-refractivity contribution in [1.29, 1.82) is 0 Å². The third-order valence-electron chi connectivity index (χ3n) is 4.89.